The highest BCUT2D eigenvalue weighted by molar-refractivity contribution is 6.04. The van der Waals surface area contributed by atoms with Crippen molar-refractivity contribution in [3.63, 3.8) is 0 Å². The van der Waals surface area contributed by atoms with Crippen molar-refractivity contribution in [3.05, 3.63) is 95.1 Å². The van der Waals surface area contributed by atoms with Crippen LogP contribution >= 0.6 is 0 Å². The fourth-order valence-corrected chi connectivity index (χ4v) is 3.33. The molecule has 0 unspecified atom stereocenters. The molecule has 3 aromatic rings. The van der Waals surface area contributed by atoms with E-state index in [0.29, 0.717) is 29.3 Å². The number of amides is 2. The number of benzene rings is 3. The maximum atomic E-state index is 12.7. The molecule has 0 radical (unpaired) electrons. The van der Waals surface area contributed by atoms with Crippen molar-refractivity contribution < 1.29 is 28.6 Å². The van der Waals surface area contributed by atoms with Gasteiger partial charge in [-0.3, -0.25) is 9.59 Å². The number of carbonyl (C=O) groups is 3. The van der Waals surface area contributed by atoms with Crippen LogP contribution in [0.15, 0.2) is 72.8 Å². The Balaban J connectivity index is 1.28. The maximum absolute atomic E-state index is 12.7. The van der Waals surface area contributed by atoms with Crippen LogP contribution < -0.4 is 20.1 Å². The molecule has 0 saturated heterocycles. The molecule has 0 bridgehead atoms. The van der Waals surface area contributed by atoms with Crippen LogP contribution in [-0.2, 0) is 20.9 Å². The summed E-state index contributed by atoms with van der Waals surface area (Å²) < 4.78 is 15.6. The van der Waals surface area contributed by atoms with Gasteiger partial charge < -0.3 is 24.8 Å². The first-order valence-corrected chi connectivity index (χ1v) is 10.9. The topological polar surface area (TPSA) is 103 Å². The fraction of sp³-hybridized carbons (Fsp3) is 0.148. The molecule has 2 N–H and O–H groups in total. The average Bonchev–Trinajstić information content (AvgIpc) is 3.34. The summed E-state index contributed by atoms with van der Waals surface area (Å²) in [7, 11) is 0. The minimum absolute atomic E-state index is 0.164. The number of ether oxygens (including phenoxy) is 3. The Morgan fingerprint density at radius 1 is 0.971 bits per heavy atom. The molecule has 0 fully saturated rings. The number of hydrogen-bond acceptors (Lipinski definition) is 6. The molecule has 0 spiro atoms. The van der Waals surface area contributed by atoms with Gasteiger partial charge in [-0.15, -0.1) is 0 Å². The van der Waals surface area contributed by atoms with Crippen molar-refractivity contribution in [2.75, 3.05) is 18.7 Å². The Labute approximate surface area is 202 Å². The van der Waals surface area contributed by atoms with Gasteiger partial charge in [-0.1, -0.05) is 48.0 Å². The maximum Gasteiger partial charge on any atom is 0.331 e. The van der Waals surface area contributed by atoms with Gasteiger partial charge in [0.05, 0.1) is 11.3 Å². The minimum atomic E-state index is -0.679. The first-order chi connectivity index (χ1) is 17.0. The first-order valence-electron chi connectivity index (χ1n) is 10.9. The van der Waals surface area contributed by atoms with Crippen molar-refractivity contribution in [1.29, 1.82) is 0 Å². The van der Waals surface area contributed by atoms with Gasteiger partial charge in [0.25, 0.3) is 11.8 Å². The number of aryl methyl sites for hydroxylation is 1. The summed E-state index contributed by atoms with van der Waals surface area (Å²) in [6.45, 7) is 2.02. The average molecular weight is 472 g/mol. The van der Waals surface area contributed by atoms with E-state index in [4.69, 9.17) is 14.2 Å². The number of fused-ring (bicyclic) bond motifs is 1. The zero-order chi connectivity index (χ0) is 24.6. The Morgan fingerprint density at radius 3 is 2.57 bits per heavy atom. The molecule has 0 aliphatic carbocycles. The second-order valence-corrected chi connectivity index (χ2v) is 7.82. The molecule has 4 rings (SSSR count). The summed E-state index contributed by atoms with van der Waals surface area (Å²) >= 11 is 0. The molecular weight excluding hydrogens is 448 g/mol. The predicted octanol–water partition coefficient (Wildman–Crippen LogP) is 3.85. The second kappa shape index (κ2) is 11.0. The SMILES string of the molecule is Cc1ccc(CNC(=O)c2ccccc2NC(=O)COC(=O)/C=C/c2ccc3c(c2)OCO3)cc1. The molecule has 0 atom stereocenters. The van der Waals surface area contributed by atoms with Gasteiger partial charge in [0.2, 0.25) is 6.79 Å². The van der Waals surface area contributed by atoms with E-state index in [1.807, 2.05) is 31.2 Å². The normalized spacial score (nSPS) is 11.8. The highest BCUT2D eigenvalue weighted by Gasteiger charge is 2.15. The van der Waals surface area contributed by atoms with E-state index in [1.54, 1.807) is 48.5 Å². The minimum Gasteiger partial charge on any atom is -0.454 e. The molecule has 1 heterocycles. The third-order valence-corrected chi connectivity index (χ3v) is 5.17. The molecule has 3 aromatic carbocycles. The van der Waals surface area contributed by atoms with E-state index in [1.165, 1.54) is 6.08 Å². The van der Waals surface area contributed by atoms with Crippen LogP contribution in [0.5, 0.6) is 11.5 Å². The second-order valence-electron chi connectivity index (χ2n) is 7.82. The van der Waals surface area contributed by atoms with Gasteiger partial charge in [0.1, 0.15) is 0 Å². The molecule has 1 aliphatic heterocycles. The number of nitrogens with one attached hydrogen (secondary N) is 2. The molecule has 178 valence electrons. The number of para-hydroxylation sites is 1. The standard InChI is InChI=1S/C27H24N2O6/c1-18-6-8-20(9-7-18)15-28-27(32)21-4-2-3-5-22(21)29-25(30)16-33-26(31)13-11-19-10-12-23-24(14-19)35-17-34-23/h2-14H,15-17H2,1H3,(H,28,32)(H,29,30)/b13-11+. The summed E-state index contributed by atoms with van der Waals surface area (Å²) in [5.41, 5.74) is 3.46. The number of rotatable bonds is 8. The highest BCUT2D eigenvalue weighted by atomic mass is 16.7. The molecule has 0 saturated carbocycles. The Bertz CT molecular complexity index is 1270. The van der Waals surface area contributed by atoms with Crippen LogP contribution in [0.1, 0.15) is 27.0 Å². The van der Waals surface area contributed by atoms with Gasteiger partial charge >= 0.3 is 5.97 Å². The lowest BCUT2D eigenvalue weighted by atomic mass is 10.1. The predicted molar refractivity (Wildman–Crippen MR) is 130 cm³/mol. The zero-order valence-corrected chi connectivity index (χ0v) is 19.1. The Morgan fingerprint density at radius 2 is 1.74 bits per heavy atom. The third kappa shape index (κ3) is 6.48. The monoisotopic (exact) mass is 472 g/mol. The lowest BCUT2D eigenvalue weighted by Crippen LogP contribution is -2.26. The number of hydrogen-bond donors (Lipinski definition) is 2. The van der Waals surface area contributed by atoms with E-state index in [2.05, 4.69) is 10.6 Å². The van der Waals surface area contributed by atoms with Gasteiger partial charge in [0.15, 0.2) is 18.1 Å². The van der Waals surface area contributed by atoms with Crippen LogP contribution in [0.25, 0.3) is 6.08 Å². The van der Waals surface area contributed by atoms with E-state index in [-0.39, 0.29) is 12.7 Å². The summed E-state index contributed by atoms with van der Waals surface area (Å²) in [4.78, 5) is 37.0. The van der Waals surface area contributed by atoms with Crippen LogP contribution in [-0.4, -0.2) is 31.2 Å². The Hall–Kier alpha value is -4.59. The largest absolute Gasteiger partial charge is 0.454 e. The fourth-order valence-electron chi connectivity index (χ4n) is 3.33. The summed E-state index contributed by atoms with van der Waals surface area (Å²) in [6.07, 6.45) is 2.77. The highest BCUT2D eigenvalue weighted by Crippen LogP contribution is 2.32. The van der Waals surface area contributed by atoms with Crippen LogP contribution in [0.2, 0.25) is 0 Å². The van der Waals surface area contributed by atoms with E-state index in [0.717, 1.165) is 16.7 Å². The summed E-state index contributed by atoms with van der Waals surface area (Å²) in [5, 5.41) is 5.47. The molecule has 8 nitrogen and oxygen atoms in total. The quantitative estimate of drug-likeness (QED) is 0.381. The van der Waals surface area contributed by atoms with Gasteiger partial charge in [-0.05, 0) is 48.4 Å². The lowest BCUT2D eigenvalue weighted by molar-refractivity contribution is -0.142. The van der Waals surface area contributed by atoms with Gasteiger partial charge in [0, 0.05) is 12.6 Å². The Kier molecular flexibility index (Phi) is 7.42. The first kappa shape index (κ1) is 23.6. The van der Waals surface area contributed by atoms with Crippen LogP contribution in [0.4, 0.5) is 5.69 Å². The smallest absolute Gasteiger partial charge is 0.331 e. The molecular formula is C27H24N2O6. The molecule has 2 amide bonds. The van der Waals surface area contributed by atoms with Crippen molar-refractivity contribution >= 4 is 29.5 Å². The lowest BCUT2D eigenvalue weighted by Gasteiger charge is -2.11. The zero-order valence-electron chi connectivity index (χ0n) is 19.1. The van der Waals surface area contributed by atoms with E-state index < -0.39 is 18.5 Å². The van der Waals surface area contributed by atoms with Crippen molar-refractivity contribution in [3.8, 4) is 11.5 Å². The van der Waals surface area contributed by atoms with Crippen molar-refractivity contribution in [2.45, 2.75) is 13.5 Å². The van der Waals surface area contributed by atoms with Crippen molar-refractivity contribution in [1.82, 2.24) is 5.32 Å². The number of esters is 1. The van der Waals surface area contributed by atoms with E-state index >= 15 is 0 Å². The number of carbonyl (C=O) groups excluding carboxylic acids is 3. The van der Waals surface area contributed by atoms with Gasteiger partial charge in [-0.2, -0.15) is 0 Å². The van der Waals surface area contributed by atoms with Crippen molar-refractivity contribution in [2.24, 2.45) is 0 Å². The van der Waals surface area contributed by atoms with Crippen LogP contribution in [0, 0.1) is 6.92 Å². The summed E-state index contributed by atoms with van der Waals surface area (Å²) in [6, 6.07) is 19.7. The molecule has 8 heteroatoms. The summed E-state index contributed by atoms with van der Waals surface area (Å²) in [5.74, 6) is -0.326. The third-order valence-electron chi connectivity index (χ3n) is 5.17. The van der Waals surface area contributed by atoms with Gasteiger partial charge in [-0.25, -0.2) is 4.79 Å². The molecule has 0 aromatic heterocycles. The molecule has 1 aliphatic rings. The number of anilines is 1. The van der Waals surface area contributed by atoms with Crippen LogP contribution in [0.3, 0.4) is 0 Å². The molecule has 35 heavy (non-hydrogen) atoms. The van der Waals surface area contributed by atoms with E-state index in [9.17, 15) is 14.4 Å².